The summed E-state index contributed by atoms with van der Waals surface area (Å²) in [7, 11) is 0. The maximum absolute atomic E-state index is 12.8. The van der Waals surface area contributed by atoms with Gasteiger partial charge in [-0.2, -0.15) is 0 Å². The molecule has 0 spiro atoms. The number of aromatic carboxylic acids is 1. The Labute approximate surface area is 155 Å². The van der Waals surface area contributed by atoms with Crippen molar-refractivity contribution < 1.29 is 19.5 Å². The number of anilines is 3. The first-order valence-electron chi connectivity index (χ1n) is 8.15. The molecule has 0 atom stereocenters. The number of hydrogen-bond donors (Lipinski definition) is 2. The number of hydrogen-bond acceptors (Lipinski definition) is 3. The normalized spacial score (nSPS) is 10.1. The van der Waals surface area contributed by atoms with Crippen LogP contribution in [0.5, 0.6) is 0 Å². The third-order valence-electron chi connectivity index (χ3n) is 3.82. The van der Waals surface area contributed by atoms with Crippen LogP contribution in [0.4, 0.5) is 17.1 Å². The Morgan fingerprint density at radius 1 is 0.704 bits per heavy atom. The van der Waals surface area contributed by atoms with Gasteiger partial charge in [-0.3, -0.25) is 14.5 Å². The molecule has 0 aromatic heterocycles. The molecule has 3 aromatic carbocycles. The Bertz CT molecular complexity index is 915. The Morgan fingerprint density at radius 2 is 1.19 bits per heavy atom. The molecule has 0 bridgehead atoms. The van der Waals surface area contributed by atoms with Crippen LogP contribution < -0.4 is 10.2 Å². The zero-order valence-corrected chi connectivity index (χ0v) is 14.2. The van der Waals surface area contributed by atoms with Crippen molar-refractivity contribution in [3.05, 3.63) is 90.5 Å². The van der Waals surface area contributed by atoms with Crippen molar-refractivity contribution in [1.29, 1.82) is 0 Å². The molecule has 134 valence electrons. The Kier molecular flexibility index (Phi) is 5.28. The second kappa shape index (κ2) is 7.97. The van der Waals surface area contributed by atoms with Crippen LogP contribution in [0.15, 0.2) is 84.9 Å². The monoisotopic (exact) mass is 360 g/mol. The van der Waals surface area contributed by atoms with E-state index in [1.165, 1.54) is 29.2 Å². The molecule has 0 fully saturated rings. The predicted molar refractivity (Wildman–Crippen MR) is 102 cm³/mol. The molecule has 3 rings (SSSR count). The quantitative estimate of drug-likeness (QED) is 0.695. The summed E-state index contributed by atoms with van der Waals surface area (Å²) < 4.78 is 0. The molecule has 2 amide bonds. The lowest BCUT2D eigenvalue weighted by Gasteiger charge is -2.22. The zero-order valence-electron chi connectivity index (χ0n) is 14.2. The highest BCUT2D eigenvalue weighted by Gasteiger charge is 2.25. The van der Waals surface area contributed by atoms with E-state index in [-0.39, 0.29) is 5.56 Å². The van der Waals surface area contributed by atoms with Crippen LogP contribution in [0.25, 0.3) is 0 Å². The molecule has 0 saturated carbocycles. The number of amides is 2. The van der Waals surface area contributed by atoms with Crippen molar-refractivity contribution in [3.63, 3.8) is 0 Å². The minimum absolute atomic E-state index is 0.0922. The van der Waals surface area contributed by atoms with Gasteiger partial charge in [0, 0.05) is 17.1 Å². The number of carbonyl (C=O) groups excluding carboxylic acids is 2. The van der Waals surface area contributed by atoms with Gasteiger partial charge in [-0.05, 0) is 48.5 Å². The van der Waals surface area contributed by atoms with Gasteiger partial charge in [0.1, 0.15) is 0 Å². The summed E-state index contributed by atoms with van der Waals surface area (Å²) in [5.74, 6) is -2.65. The van der Waals surface area contributed by atoms with E-state index in [0.29, 0.717) is 17.1 Å². The highest BCUT2D eigenvalue weighted by Crippen LogP contribution is 2.25. The predicted octanol–water partition coefficient (Wildman–Crippen LogP) is 3.69. The summed E-state index contributed by atoms with van der Waals surface area (Å²) in [4.78, 5) is 37.6. The first-order chi connectivity index (χ1) is 13.1. The lowest BCUT2D eigenvalue weighted by Crippen LogP contribution is -2.36. The third kappa shape index (κ3) is 4.19. The summed E-state index contributed by atoms with van der Waals surface area (Å²) in [5, 5.41) is 11.4. The van der Waals surface area contributed by atoms with Crippen molar-refractivity contribution in [3.8, 4) is 0 Å². The number of rotatable bonds is 4. The van der Waals surface area contributed by atoms with Gasteiger partial charge in [0.15, 0.2) is 0 Å². The number of carboxylic acids is 1. The smallest absolute Gasteiger partial charge is 0.335 e. The highest BCUT2D eigenvalue weighted by molar-refractivity contribution is 6.45. The lowest BCUT2D eigenvalue weighted by molar-refractivity contribution is -0.134. The van der Waals surface area contributed by atoms with Gasteiger partial charge in [-0.25, -0.2) is 4.79 Å². The van der Waals surface area contributed by atoms with Gasteiger partial charge in [0.05, 0.1) is 5.56 Å². The SMILES string of the molecule is O=C(Nc1ccc(C(=O)O)cc1)C(=O)N(c1ccccc1)c1ccccc1. The van der Waals surface area contributed by atoms with E-state index in [1.54, 1.807) is 48.5 Å². The second-order valence-corrected chi connectivity index (χ2v) is 5.65. The summed E-state index contributed by atoms with van der Waals surface area (Å²) in [5.41, 5.74) is 1.55. The van der Waals surface area contributed by atoms with E-state index in [9.17, 15) is 14.4 Å². The van der Waals surface area contributed by atoms with Crippen LogP contribution in [0.3, 0.4) is 0 Å². The van der Waals surface area contributed by atoms with Crippen LogP contribution >= 0.6 is 0 Å². The Hall–Kier alpha value is -3.93. The number of nitrogens with one attached hydrogen (secondary N) is 1. The molecule has 0 radical (unpaired) electrons. The average molecular weight is 360 g/mol. The topological polar surface area (TPSA) is 86.7 Å². The fourth-order valence-electron chi connectivity index (χ4n) is 2.52. The van der Waals surface area contributed by atoms with Gasteiger partial charge in [0.25, 0.3) is 0 Å². The zero-order chi connectivity index (χ0) is 19.2. The van der Waals surface area contributed by atoms with Crippen LogP contribution in [-0.2, 0) is 9.59 Å². The number of para-hydroxylation sites is 2. The van der Waals surface area contributed by atoms with Gasteiger partial charge in [-0.1, -0.05) is 36.4 Å². The van der Waals surface area contributed by atoms with Gasteiger partial charge in [0.2, 0.25) is 0 Å². The lowest BCUT2D eigenvalue weighted by atomic mass is 10.2. The maximum Gasteiger partial charge on any atom is 0.335 e. The summed E-state index contributed by atoms with van der Waals surface area (Å²) in [6.07, 6.45) is 0. The van der Waals surface area contributed by atoms with Crippen molar-refractivity contribution in [1.82, 2.24) is 0 Å². The van der Waals surface area contributed by atoms with E-state index < -0.39 is 17.8 Å². The van der Waals surface area contributed by atoms with Crippen molar-refractivity contribution >= 4 is 34.8 Å². The van der Waals surface area contributed by atoms with Crippen molar-refractivity contribution in [2.24, 2.45) is 0 Å². The molecule has 27 heavy (non-hydrogen) atoms. The highest BCUT2D eigenvalue weighted by atomic mass is 16.4. The van der Waals surface area contributed by atoms with Gasteiger partial charge >= 0.3 is 17.8 Å². The van der Waals surface area contributed by atoms with E-state index >= 15 is 0 Å². The summed E-state index contributed by atoms with van der Waals surface area (Å²) >= 11 is 0. The Balaban J connectivity index is 1.85. The second-order valence-electron chi connectivity index (χ2n) is 5.65. The van der Waals surface area contributed by atoms with Gasteiger partial charge < -0.3 is 10.4 Å². The van der Waals surface area contributed by atoms with Crippen LogP contribution in [0.2, 0.25) is 0 Å². The van der Waals surface area contributed by atoms with Crippen LogP contribution in [0.1, 0.15) is 10.4 Å². The molecular weight excluding hydrogens is 344 g/mol. The van der Waals surface area contributed by atoms with E-state index in [1.807, 2.05) is 12.1 Å². The largest absolute Gasteiger partial charge is 0.478 e. The number of carbonyl (C=O) groups is 3. The molecule has 3 aromatic rings. The molecule has 0 unspecified atom stereocenters. The van der Waals surface area contributed by atoms with Gasteiger partial charge in [-0.15, -0.1) is 0 Å². The summed E-state index contributed by atoms with van der Waals surface area (Å²) in [6.45, 7) is 0. The maximum atomic E-state index is 12.8. The molecule has 0 aliphatic heterocycles. The number of nitrogens with zero attached hydrogens (tertiary/aromatic N) is 1. The van der Waals surface area contributed by atoms with Crippen molar-refractivity contribution in [2.75, 3.05) is 10.2 Å². The minimum atomic E-state index is -1.07. The third-order valence-corrected chi connectivity index (χ3v) is 3.82. The van der Waals surface area contributed by atoms with Crippen LogP contribution in [0, 0.1) is 0 Å². The average Bonchev–Trinajstić information content (AvgIpc) is 2.70. The molecule has 6 heteroatoms. The molecule has 0 saturated heterocycles. The molecule has 0 aliphatic rings. The van der Waals surface area contributed by atoms with E-state index in [0.717, 1.165) is 0 Å². The van der Waals surface area contributed by atoms with Crippen LogP contribution in [-0.4, -0.2) is 22.9 Å². The summed E-state index contributed by atoms with van der Waals surface area (Å²) in [6, 6.07) is 23.3. The molecule has 0 aliphatic carbocycles. The fourth-order valence-corrected chi connectivity index (χ4v) is 2.52. The van der Waals surface area contributed by atoms with E-state index in [2.05, 4.69) is 5.32 Å². The molecular formula is C21H16N2O4. The first-order valence-corrected chi connectivity index (χ1v) is 8.15. The number of benzene rings is 3. The molecule has 2 N–H and O–H groups in total. The molecule has 6 nitrogen and oxygen atoms in total. The Morgan fingerprint density at radius 3 is 1.63 bits per heavy atom. The van der Waals surface area contributed by atoms with Crippen molar-refractivity contribution in [2.45, 2.75) is 0 Å². The number of carboxylic acid groups (broad SMARTS) is 1. The first kappa shape index (κ1) is 17.9. The standard InChI is InChI=1S/C21H16N2O4/c24-19(22-16-13-11-15(12-14-16)21(26)27)20(25)23(17-7-3-1-4-8-17)18-9-5-2-6-10-18/h1-14H,(H,22,24)(H,26,27). The fraction of sp³-hybridized carbons (Fsp3) is 0. The minimum Gasteiger partial charge on any atom is -0.478 e. The van der Waals surface area contributed by atoms with E-state index in [4.69, 9.17) is 5.11 Å². The molecule has 0 heterocycles.